The summed E-state index contributed by atoms with van der Waals surface area (Å²) in [5, 5.41) is 6.81. The van der Waals surface area contributed by atoms with Crippen molar-refractivity contribution in [1.82, 2.24) is 0 Å². The Kier molecular flexibility index (Phi) is 6.01. The molecule has 0 unspecified atom stereocenters. The minimum Gasteiger partial charge on any atom is -0.455 e. The third kappa shape index (κ3) is 4.02. The van der Waals surface area contributed by atoms with Crippen LogP contribution in [0.4, 0.5) is 17.1 Å². The molecule has 0 atom stereocenters. The predicted octanol–water partition coefficient (Wildman–Crippen LogP) is 14.1. The summed E-state index contributed by atoms with van der Waals surface area (Å²) in [6, 6.07) is 58.6. The highest BCUT2D eigenvalue weighted by atomic mass is 16.3. The number of nitrogens with zero attached hydrogens (tertiary/aromatic N) is 1. The fourth-order valence-electron chi connectivity index (χ4n) is 8.91. The number of furan rings is 2. The fraction of sp³-hybridized carbons (Fsp3) is 0.0612. The summed E-state index contributed by atoms with van der Waals surface area (Å²) < 4.78 is 13.2. The van der Waals surface area contributed by atoms with Crippen molar-refractivity contribution in [1.29, 1.82) is 0 Å². The van der Waals surface area contributed by atoms with E-state index in [2.05, 4.69) is 176 Å². The molecule has 0 fully saturated rings. The number of para-hydroxylation sites is 2. The molecule has 3 nitrogen and oxygen atoms in total. The number of benzene rings is 8. The topological polar surface area (TPSA) is 29.5 Å². The van der Waals surface area contributed by atoms with Crippen molar-refractivity contribution in [2.45, 2.75) is 19.3 Å². The maximum atomic E-state index is 6.69. The van der Waals surface area contributed by atoms with Gasteiger partial charge in [0.1, 0.15) is 16.7 Å². The van der Waals surface area contributed by atoms with Crippen molar-refractivity contribution in [3.05, 3.63) is 175 Å². The molecule has 8 aromatic carbocycles. The molecular weight excluding hydrogens is 635 g/mol. The highest BCUT2D eigenvalue weighted by Gasteiger charge is 2.39. The Morgan fingerprint density at radius 1 is 0.442 bits per heavy atom. The first-order chi connectivity index (χ1) is 25.6. The zero-order chi connectivity index (χ0) is 34.6. The summed E-state index contributed by atoms with van der Waals surface area (Å²) in [6.07, 6.45) is 0. The SMILES string of the molecule is CC1(C)c2ccccc2-c2cccc(N(c3ccc(-c4cccc5oc6c7ccccc7ccc6c45)cc3)c3cccc4c3oc3ccccc34)c21. The first-order valence-corrected chi connectivity index (χ1v) is 17.9. The zero-order valence-electron chi connectivity index (χ0n) is 28.9. The van der Waals surface area contributed by atoms with Crippen LogP contribution in [0.5, 0.6) is 0 Å². The Hall–Kier alpha value is -6.58. The van der Waals surface area contributed by atoms with Crippen LogP contribution < -0.4 is 4.90 Å². The Morgan fingerprint density at radius 3 is 2.00 bits per heavy atom. The summed E-state index contributed by atoms with van der Waals surface area (Å²) in [4.78, 5) is 2.40. The molecule has 0 N–H and O–H groups in total. The van der Waals surface area contributed by atoms with Crippen molar-refractivity contribution in [3.8, 4) is 22.3 Å². The molecule has 11 rings (SSSR count). The molecule has 0 saturated heterocycles. The van der Waals surface area contributed by atoms with E-state index in [1.54, 1.807) is 0 Å². The van der Waals surface area contributed by atoms with Gasteiger partial charge in [0.25, 0.3) is 0 Å². The average molecular weight is 668 g/mol. The normalized spacial score (nSPS) is 13.3. The standard InChI is InChI=1S/C49H33NO2/c1-49(2)40-19-7-5-14-35(40)37-17-9-20-41(46(37)49)50(42-21-10-18-38-36-15-6-8-22-43(36)51-48(38)42)32-27-24-31(25-28-32)33-16-11-23-44-45(33)39-29-26-30-12-3-4-13-34(30)47(39)52-44/h3-29H,1-2H3. The van der Waals surface area contributed by atoms with E-state index in [0.717, 1.165) is 77.5 Å². The van der Waals surface area contributed by atoms with Crippen molar-refractivity contribution < 1.29 is 8.83 Å². The van der Waals surface area contributed by atoms with Gasteiger partial charge in [-0.05, 0) is 81.2 Å². The van der Waals surface area contributed by atoms with E-state index in [0.29, 0.717) is 0 Å². The lowest BCUT2D eigenvalue weighted by atomic mass is 9.81. The second kappa shape index (κ2) is 10.7. The average Bonchev–Trinajstić information content (AvgIpc) is 3.84. The lowest BCUT2D eigenvalue weighted by Crippen LogP contribution is -2.20. The van der Waals surface area contributed by atoms with E-state index < -0.39 is 0 Å². The van der Waals surface area contributed by atoms with Crippen LogP contribution in [0.1, 0.15) is 25.0 Å². The number of hydrogen-bond acceptors (Lipinski definition) is 3. The van der Waals surface area contributed by atoms with Crippen LogP contribution >= 0.6 is 0 Å². The second-order valence-electron chi connectivity index (χ2n) is 14.4. The summed E-state index contributed by atoms with van der Waals surface area (Å²) >= 11 is 0. The Bertz CT molecular complexity index is 3050. The van der Waals surface area contributed by atoms with Gasteiger partial charge < -0.3 is 13.7 Å². The lowest BCUT2D eigenvalue weighted by Gasteiger charge is -2.32. The van der Waals surface area contributed by atoms with Gasteiger partial charge in [-0.2, -0.15) is 0 Å². The van der Waals surface area contributed by atoms with E-state index in [-0.39, 0.29) is 5.41 Å². The van der Waals surface area contributed by atoms with Crippen LogP contribution in [0, 0.1) is 0 Å². The van der Waals surface area contributed by atoms with Gasteiger partial charge in [-0.3, -0.25) is 0 Å². The van der Waals surface area contributed by atoms with Gasteiger partial charge in [-0.15, -0.1) is 0 Å². The first kappa shape index (κ1) is 29.2. The highest BCUT2D eigenvalue weighted by Crippen LogP contribution is 2.55. The molecule has 0 amide bonds. The van der Waals surface area contributed by atoms with Crippen LogP contribution in [0.3, 0.4) is 0 Å². The predicted molar refractivity (Wildman–Crippen MR) is 216 cm³/mol. The van der Waals surface area contributed by atoms with Crippen molar-refractivity contribution in [2.75, 3.05) is 4.90 Å². The van der Waals surface area contributed by atoms with Gasteiger partial charge in [0.2, 0.25) is 0 Å². The third-order valence-electron chi connectivity index (χ3n) is 11.2. The van der Waals surface area contributed by atoms with Crippen LogP contribution in [0.15, 0.2) is 173 Å². The molecule has 2 aromatic heterocycles. The molecule has 2 heterocycles. The second-order valence-corrected chi connectivity index (χ2v) is 14.4. The lowest BCUT2D eigenvalue weighted by molar-refractivity contribution is 0.659. The number of fused-ring (bicyclic) bond motifs is 11. The molecule has 0 radical (unpaired) electrons. The van der Waals surface area contributed by atoms with Crippen LogP contribution in [-0.2, 0) is 5.41 Å². The van der Waals surface area contributed by atoms with E-state index in [1.807, 2.05) is 6.07 Å². The number of hydrogen-bond donors (Lipinski definition) is 0. The Balaban J connectivity index is 1.13. The number of anilines is 3. The molecule has 3 heteroatoms. The van der Waals surface area contributed by atoms with Gasteiger partial charge in [-0.1, -0.05) is 135 Å². The highest BCUT2D eigenvalue weighted by molar-refractivity contribution is 6.19. The van der Waals surface area contributed by atoms with Gasteiger partial charge >= 0.3 is 0 Å². The molecule has 1 aliphatic carbocycles. The fourth-order valence-corrected chi connectivity index (χ4v) is 8.91. The monoisotopic (exact) mass is 667 g/mol. The van der Waals surface area contributed by atoms with Gasteiger partial charge in [-0.25, -0.2) is 0 Å². The van der Waals surface area contributed by atoms with E-state index in [1.165, 1.54) is 27.6 Å². The molecule has 0 bridgehead atoms. The summed E-state index contributed by atoms with van der Waals surface area (Å²) in [7, 11) is 0. The Morgan fingerprint density at radius 2 is 1.10 bits per heavy atom. The van der Waals surface area contributed by atoms with E-state index >= 15 is 0 Å². The van der Waals surface area contributed by atoms with Gasteiger partial charge in [0, 0.05) is 38.0 Å². The number of rotatable bonds is 4. The Labute approximate surface area is 301 Å². The first-order valence-electron chi connectivity index (χ1n) is 17.9. The molecule has 0 saturated carbocycles. The minimum atomic E-state index is -0.204. The largest absolute Gasteiger partial charge is 0.455 e. The summed E-state index contributed by atoms with van der Waals surface area (Å²) in [6.45, 7) is 4.70. The molecule has 246 valence electrons. The quantitative estimate of drug-likeness (QED) is 0.187. The minimum absolute atomic E-state index is 0.204. The van der Waals surface area contributed by atoms with E-state index in [9.17, 15) is 0 Å². The molecule has 0 aliphatic heterocycles. The summed E-state index contributed by atoms with van der Waals surface area (Å²) in [5.41, 5.74) is 14.1. The van der Waals surface area contributed by atoms with E-state index in [4.69, 9.17) is 8.83 Å². The van der Waals surface area contributed by atoms with Crippen molar-refractivity contribution in [2.24, 2.45) is 0 Å². The smallest absolute Gasteiger partial charge is 0.159 e. The molecule has 10 aromatic rings. The van der Waals surface area contributed by atoms with Crippen LogP contribution in [0.25, 0.3) is 76.9 Å². The van der Waals surface area contributed by atoms with Crippen molar-refractivity contribution >= 4 is 71.7 Å². The molecule has 52 heavy (non-hydrogen) atoms. The molecular formula is C49H33NO2. The van der Waals surface area contributed by atoms with Gasteiger partial charge in [0.05, 0.1) is 11.4 Å². The zero-order valence-corrected chi connectivity index (χ0v) is 28.9. The maximum absolute atomic E-state index is 6.69. The van der Waals surface area contributed by atoms with Crippen LogP contribution in [-0.4, -0.2) is 0 Å². The third-order valence-corrected chi connectivity index (χ3v) is 11.2. The maximum Gasteiger partial charge on any atom is 0.159 e. The van der Waals surface area contributed by atoms with Crippen molar-refractivity contribution in [3.63, 3.8) is 0 Å². The van der Waals surface area contributed by atoms with Crippen LogP contribution in [0.2, 0.25) is 0 Å². The molecule has 0 spiro atoms. The summed E-state index contributed by atoms with van der Waals surface area (Å²) in [5.74, 6) is 0. The van der Waals surface area contributed by atoms with Gasteiger partial charge in [0.15, 0.2) is 5.58 Å². The molecule has 1 aliphatic rings.